The summed E-state index contributed by atoms with van der Waals surface area (Å²) in [6, 6.07) is 22.1. The van der Waals surface area contributed by atoms with Crippen molar-refractivity contribution in [2.24, 2.45) is 0 Å². The Kier molecular flexibility index (Phi) is 25.3. The number of carbonyl (C=O) groups excluding carboxylic acids is 3. The van der Waals surface area contributed by atoms with Crippen LogP contribution in [0, 0.1) is 27.7 Å². The Morgan fingerprint density at radius 3 is 1.22 bits per heavy atom. The van der Waals surface area contributed by atoms with Crippen LogP contribution in [0.5, 0.6) is 23.0 Å². The Balaban J connectivity index is 0.000000383. The number of thioether (sulfide) groups is 2. The maximum atomic E-state index is 12.7. The number of allylic oxidation sites excluding steroid dienone is 2. The number of unbranched alkanes of at least 4 members (excludes halogenated alkanes) is 4. The first kappa shape index (κ1) is 60.8. The van der Waals surface area contributed by atoms with Crippen molar-refractivity contribution in [2.45, 2.75) is 145 Å². The summed E-state index contributed by atoms with van der Waals surface area (Å²) in [5.41, 5.74) is 3.24. The van der Waals surface area contributed by atoms with Crippen LogP contribution in [0.25, 0.3) is 12.2 Å². The van der Waals surface area contributed by atoms with Gasteiger partial charge in [0.2, 0.25) is 0 Å². The van der Waals surface area contributed by atoms with Crippen molar-refractivity contribution >= 4 is 59.2 Å². The Labute approximate surface area is 439 Å². The fraction of sp³-hybridized carbons (Fsp3) is 0.467. The second kappa shape index (κ2) is 29.9. The number of hydrogen-bond donors (Lipinski definition) is 1. The quantitative estimate of drug-likeness (QED) is 0.0251. The summed E-state index contributed by atoms with van der Waals surface area (Å²) in [7, 11) is 0. The normalized spacial score (nSPS) is 11.8. The fourth-order valence-corrected chi connectivity index (χ4v) is 8.62. The maximum absolute atomic E-state index is 12.7. The van der Waals surface area contributed by atoms with Crippen molar-refractivity contribution in [1.29, 1.82) is 0 Å². The number of carboxylic acids is 1. The Morgan fingerprint density at radius 1 is 0.528 bits per heavy atom. The van der Waals surface area contributed by atoms with Crippen molar-refractivity contribution in [3.8, 4) is 23.0 Å². The molecule has 0 aliphatic rings. The Hall–Kier alpha value is -5.46. The third-order valence-electron chi connectivity index (χ3n) is 11.0. The number of rotatable bonds is 28. The van der Waals surface area contributed by atoms with Gasteiger partial charge in [-0.25, -0.2) is 9.59 Å². The molecule has 392 valence electrons. The number of benzene rings is 4. The van der Waals surface area contributed by atoms with Gasteiger partial charge in [0.1, 0.15) is 28.6 Å². The van der Waals surface area contributed by atoms with E-state index >= 15 is 0 Å². The van der Waals surface area contributed by atoms with Crippen LogP contribution < -0.4 is 18.9 Å². The highest BCUT2D eigenvalue weighted by Crippen LogP contribution is 2.32. The number of carbonyl (C=O) groups is 4. The molecule has 0 bridgehead atoms. The summed E-state index contributed by atoms with van der Waals surface area (Å²) in [5, 5.41) is 9.32. The lowest BCUT2D eigenvalue weighted by Crippen LogP contribution is -2.43. The van der Waals surface area contributed by atoms with Crippen LogP contribution in [0.15, 0.2) is 84.9 Å². The molecular formula is C60H80O10S2. The van der Waals surface area contributed by atoms with Gasteiger partial charge in [-0.1, -0.05) is 51.7 Å². The van der Waals surface area contributed by atoms with Crippen LogP contribution in [0.4, 0.5) is 0 Å². The largest absolute Gasteiger partial charge is 0.493 e. The van der Waals surface area contributed by atoms with Crippen molar-refractivity contribution in [3.63, 3.8) is 0 Å². The van der Waals surface area contributed by atoms with E-state index in [4.69, 9.17) is 23.7 Å². The highest BCUT2D eigenvalue weighted by atomic mass is 32.2. The molecule has 0 saturated heterocycles. The molecule has 0 amide bonds. The van der Waals surface area contributed by atoms with E-state index in [9.17, 15) is 24.3 Å². The van der Waals surface area contributed by atoms with Crippen LogP contribution in [-0.2, 0) is 14.3 Å². The van der Waals surface area contributed by atoms with Gasteiger partial charge in [-0.15, -0.1) is 0 Å². The van der Waals surface area contributed by atoms with E-state index in [1.165, 1.54) is 63.9 Å². The molecule has 4 aromatic carbocycles. The summed E-state index contributed by atoms with van der Waals surface area (Å²) < 4.78 is 28.9. The highest BCUT2D eigenvalue weighted by molar-refractivity contribution is 7.99. The van der Waals surface area contributed by atoms with Gasteiger partial charge in [-0.05, 0) is 219 Å². The summed E-state index contributed by atoms with van der Waals surface area (Å²) in [4.78, 5) is 49.3. The third-order valence-corrected chi connectivity index (χ3v) is 13.1. The monoisotopic (exact) mass is 1020 g/mol. The summed E-state index contributed by atoms with van der Waals surface area (Å²) in [6.07, 6.45) is 14.2. The first-order valence-electron chi connectivity index (χ1n) is 25.1. The van der Waals surface area contributed by atoms with Gasteiger partial charge in [0, 0.05) is 22.6 Å². The lowest BCUT2D eigenvalue weighted by Gasteiger charge is -2.30. The zero-order valence-electron chi connectivity index (χ0n) is 45.2. The number of hydrogen-bond acceptors (Lipinski definition) is 11. The average molecular weight is 1030 g/mol. The average Bonchev–Trinajstić information content (AvgIpc) is 3.31. The minimum absolute atomic E-state index is 0.0790. The SMILES string of the molecule is CCCCCSCCOc1ccc(C(=O)/C=C/c2cc(C)c(OC(C)(C)C(=O)O)c(C)c2)cc1.CCCCCSCCOc1ccc(C(=O)/C=C/c2cc(C)c(OC(C)(C)C(=O)OC(C)(C)C)c(C)c2)cc1. The maximum Gasteiger partial charge on any atom is 0.350 e. The van der Waals surface area contributed by atoms with Gasteiger partial charge < -0.3 is 28.8 Å². The topological polar surface area (TPSA) is 135 Å². The van der Waals surface area contributed by atoms with Crippen LogP contribution >= 0.6 is 23.5 Å². The smallest absolute Gasteiger partial charge is 0.350 e. The molecule has 0 fully saturated rings. The first-order valence-corrected chi connectivity index (χ1v) is 27.4. The van der Waals surface area contributed by atoms with Crippen molar-refractivity contribution in [2.75, 3.05) is 36.2 Å². The zero-order valence-corrected chi connectivity index (χ0v) is 46.8. The molecule has 0 atom stereocenters. The molecule has 4 aromatic rings. The van der Waals surface area contributed by atoms with E-state index < -0.39 is 28.7 Å². The fourth-order valence-electron chi connectivity index (χ4n) is 6.99. The molecule has 0 unspecified atom stereocenters. The number of aryl methyl sites for hydroxylation is 4. The lowest BCUT2D eigenvalue weighted by molar-refractivity contribution is -0.171. The van der Waals surface area contributed by atoms with E-state index in [0.717, 1.165) is 56.4 Å². The number of aliphatic carboxylic acids is 1. The van der Waals surface area contributed by atoms with E-state index in [1.807, 2.05) is 121 Å². The molecule has 1 N–H and O–H groups in total. The summed E-state index contributed by atoms with van der Waals surface area (Å²) in [6.45, 7) is 25.3. The van der Waals surface area contributed by atoms with Crippen LogP contribution in [-0.4, -0.2) is 81.6 Å². The lowest BCUT2D eigenvalue weighted by atomic mass is 10.0. The molecule has 0 heterocycles. The predicted octanol–water partition coefficient (Wildman–Crippen LogP) is 14.7. The van der Waals surface area contributed by atoms with Gasteiger partial charge in [-0.2, -0.15) is 23.5 Å². The van der Waals surface area contributed by atoms with Crippen LogP contribution in [0.2, 0.25) is 0 Å². The van der Waals surface area contributed by atoms with E-state index in [-0.39, 0.29) is 11.6 Å². The van der Waals surface area contributed by atoms with Crippen molar-refractivity contribution < 1.29 is 48.0 Å². The van der Waals surface area contributed by atoms with E-state index in [0.29, 0.717) is 35.8 Å². The number of ether oxygens (including phenoxy) is 5. The predicted molar refractivity (Wildman–Crippen MR) is 299 cm³/mol. The number of carboxylic acid groups (broad SMARTS) is 1. The molecule has 10 nitrogen and oxygen atoms in total. The first-order chi connectivity index (χ1) is 34.0. The Bertz CT molecular complexity index is 2380. The highest BCUT2D eigenvalue weighted by Gasteiger charge is 2.36. The minimum atomic E-state index is -1.33. The summed E-state index contributed by atoms with van der Waals surface area (Å²) in [5.74, 6) is 5.38. The second-order valence-corrected chi connectivity index (χ2v) is 22.2. The number of ketones is 2. The van der Waals surface area contributed by atoms with Crippen molar-refractivity contribution in [1.82, 2.24) is 0 Å². The van der Waals surface area contributed by atoms with Crippen LogP contribution in [0.3, 0.4) is 0 Å². The van der Waals surface area contributed by atoms with Gasteiger partial charge in [0.25, 0.3) is 0 Å². The molecular weight excluding hydrogens is 945 g/mol. The molecule has 0 aromatic heterocycles. The van der Waals surface area contributed by atoms with Gasteiger partial charge >= 0.3 is 11.9 Å². The standard InChI is InChI=1S/C32H44O5S.C28H36O5S/c1-9-10-11-19-38-20-18-35-27-15-13-26(14-16-27)28(33)17-12-25-21-23(2)29(24(3)22-25)36-32(7,8)30(34)37-31(4,5)6;1-6-7-8-16-34-17-15-32-24-12-10-23(11-13-24)25(29)14-9-22-18-20(2)26(21(3)19-22)33-28(4,5)27(30)31/h12-17,21-22H,9-11,18-20H2,1-8H3;9-14,18-19H,6-8,15-17H2,1-5H3,(H,30,31)/b17-12+;14-9+. The second-order valence-electron chi connectivity index (χ2n) is 19.8. The minimum Gasteiger partial charge on any atom is -0.493 e. The van der Waals surface area contributed by atoms with Crippen molar-refractivity contribution in [3.05, 3.63) is 129 Å². The molecule has 4 rings (SSSR count). The van der Waals surface area contributed by atoms with E-state index in [2.05, 4.69) is 13.8 Å². The molecule has 0 saturated carbocycles. The third kappa shape index (κ3) is 21.7. The molecule has 0 aliphatic carbocycles. The van der Waals surface area contributed by atoms with Gasteiger partial charge in [0.15, 0.2) is 22.8 Å². The number of esters is 1. The molecule has 0 spiro atoms. The molecule has 12 heteroatoms. The van der Waals surface area contributed by atoms with Gasteiger partial charge in [-0.3, -0.25) is 9.59 Å². The Morgan fingerprint density at radius 2 is 0.889 bits per heavy atom. The molecule has 0 aliphatic heterocycles. The van der Waals surface area contributed by atoms with E-state index in [1.54, 1.807) is 62.4 Å². The van der Waals surface area contributed by atoms with Gasteiger partial charge in [0.05, 0.1) is 13.2 Å². The summed E-state index contributed by atoms with van der Waals surface area (Å²) >= 11 is 3.83. The van der Waals surface area contributed by atoms with Crippen LogP contribution in [0.1, 0.15) is 155 Å². The zero-order chi connectivity index (χ0) is 53.5. The molecule has 72 heavy (non-hydrogen) atoms. The molecule has 0 radical (unpaired) electrons.